The van der Waals surface area contributed by atoms with Gasteiger partial charge in [0.25, 0.3) is 0 Å². The van der Waals surface area contributed by atoms with Crippen molar-refractivity contribution in [1.82, 2.24) is 0 Å². The molecule has 0 nitrogen and oxygen atoms in total. The van der Waals surface area contributed by atoms with Gasteiger partial charge in [-0.25, -0.2) is 0 Å². The van der Waals surface area contributed by atoms with Gasteiger partial charge in [-0.05, 0) is 25.7 Å². The Balaban J connectivity index is 0. The van der Waals surface area contributed by atoms with E-state index in [4.69, 9.17) is 0 Å². The Morgan fingerprint density at radius 3 is 0.403 bits per heavy atom. The third kappa shape index (κ3) is 10.7. The van der Waals surface area contributed by atoms with E-state index in [0.29, 0.717) is 0 Å². The van der Waals surface area contributed by atoms with E-state index in [1.165, 1.54) is 0 Å². The zero-order valence-corrected chi connectivity index (χ0v) is 30.8. The predicted octanol–water partition coefficient (Wildman–Crippen LogP) is 11.9. The maximum atomic E-state index is 14.4. The molecule has 0 aromatic carbocycles. The molecule has 0 amide bonds. The molecule has 0 spiro atoms. The van der Waals surface area contributed by atoms with Crippen LogP contribution in [0.15, 0.2) is 0 Å². The quantitative estimate of drug-likeness (QED) is 0.0842. The molecule has 0 aliphatic heterocycles. The fourth-order valence-electron chi connectivity index (χ4n) is 5.07. The van der Waals surface area contributed by atoms with Gasteiger partial charge in [0.15, 0.2) is 0 Å². The molecule has 0 heterocycles. The Morgan fingerprint density at radius 2 is 0.306 bits per heavy atom. The van der Waals surface area contributed by atoms with Crippen molar-refractivity contribution >= 4 is 6.15 Å². The summed E-state index contributed by atoms with van der Waals surface area (Å²) in [4.78, 5) is 0. The molecule has 0 aliphatic rings. The van der Waals surface area contributed by atoms with Crippen LogP contribution >= 0.6 is 0 Å². The molecule has 0 N–H and O–H groups in total. The van der Waals surface area contributed by atoms with Crippen LogP contribution in [0.25, 0.3) is 0 Å². The van der Waals surface area contributed by atoms with Gasteiger partial charge < -0.3 is 0 Å². The molecule has 0 radical (unpaired) electrons. The van der Waals surface area contributed by atoms with Crippen LogP contribution in [0.5, 0.6) is 0 Å². The molecule has 368 valence electrons. The third-order valence-corrected chi connectivity index (χ3v) is 9.12. The fraction of sp³-hybridized carbons (Fsp3) is 1.00. The van der Waals surface area contributed by atoms with E-state index in [2.05, 4.69) is 0 Å². The second kappa shape index (κ2) is 17.3. The number of rotatable bonds is 20. The summed E-state index contributed by atoms with van der Waals surface area (Å²) in [7, 11) is 0. The largest absolute Gasteiger partial charge is 1.00 e. The van der Waals surface area contributed by atoms with Crippen molar-refractivity contribution in [3.63, 3.8) is 0 Å². The van der Waals surface area contributed by atoms with Gasteiger partial charge >= 0.3 is 125 Å². The summed E-state index contributed by atoms with van der Waals surface area (Å²) in [5.41, 5.74) is 0. The predicted molar refractivity (Wildman–Crippen MR) is 127 cm³/mol. The van der Waals surface area contributed by atoms with E-state index in [9.17, 15) is 158 Å². The maximum Gasteiger partial charge on any atom is 1.00 e. The average molecular weight is 1020 g/mol. The minimum absolute atomic E-state index is 0. The van der Waals surface area contributed by atoms with Gasteiger partial charge in [-0.2, -0.15) is 183 Å². The molecule has 0 fully saturated rings. The van der Waals surface area contributed by atoms with Crippen LogP contribution in [-0.2, 0) is 0 Å². The summed E-state index contributed by atoms with van der Waals surface area (Å²) < 4.78 is 484. The minimum Gasteiger partial charge on any atom is -0.200 e. The van der Waals surface area contributed by atoms with E-state index in [-0.39, 0.29) is 29.6 Å². The van der Waals surface area contributed by atoms with E-state index in [0.717, 1.165) is 0 Å². The second-order valence-electron chi connectivity index (χ2n) is 13.3. The Morgan fingerprint density at radius 1 is 0.194 bits per heavy atom. The SMILES string of the molecule is FC(F)(F)C(F)(F)C(F)(F)C(F)(F)CC[B-](CCC(F)(F)C(F)(F)C(F)(F)C(F)(F)F)(CCC(F)(F)C(F)(F)C(F)(F)C(F)(F)F)CCC(F)(F)C(F)(F)C(F)(F)C(F)(F)F.[Na+]. The van der Waals surface area contributed by atoms with Gasteiger partial charge in [0.05, 0.1) is 0 Å². The molecule has 0 aromatic heterocycles. The first-order valence-electron chi connectivity index (χ1n) is 14.9. The van der Waals surface area contributed by atoms with Crippen molar-refractivity contribution in [2.75, 3.05) is 0 Å². The molecule has 38 heteroatoms. The van der Waals surface area contributed by atoms with Crippen molar-refractivity contribution in [2.24, 2.45) is 0 Å². The van der Waals surface area contributed by atoms with Crippen molar-refractivity contribution in [1.29, 1.82) is 0 Å². The molecular formula is C24H16BF36Na. The molecule has 0 aliphatic carbocycles. The van der Waals surface area contributed by atoms with E-state index in [1.54, 1.807) is 0 Å². The zero-order chi connectivity index (χ0) is 50.2. The van der Waals surface area contributed by atoms with Gasteiger partial charge in [-0.1, -0.05) is 0 Å². The average Bonchev–Trinajstić information content (AvgIpc) is 3.01. The summed E-state index contributed by atoms with van der Waals surface area (Å²) >= 11 is 0. The summed E-state index contributed by atoms with van der Waals surface area (Å²) in [5, 5.41) is 0. The number of alkyl halides is 36. The summed E-state index contributed by atoms with van der Waals surface area (Å²) in [6.07, 6.45) is -68.1. The minimum atomic E-state index is -8.14. The first kappa shape index (κ1) is 62.6. The molecule has 0 saturated carbocycles. The van der Waals surface area contributed by atoms with Crippen molar-refractivity contribution in [3.8, 4) is 0 Å². The molecule has 0 aromatic rings. The van der Waals surface area contributed by atoms with Crippen LogP contribution in [0.2, 0.25) is 25.3 Å². The van der Waals surface area contributed by atoms with Gasteiger partial charge in [0.2, 0.25) is 0 Å². The Hall–Kier alpha value is -1.46. The normalized spacial score (nSPS) is 16.5. The molecule has 0 atom stereocenters. The van der Waals surface area contributed by atoms with Crippen LogP contribution in [-0.4, -0.2) is 102 Å². The smallest absolute Gasteiger partial charge is 0.200 e. The van der Waals surface area contributed by atoms with Crippen LogP contribution < -0.4 is 29.6 Å². The molecule has 0 rings (SSSR count). The van der Waals surface area contributed by atoms with Gasteiger partial charge in [0, 0.05) is 6.15 Å². The van der Waals surface area contributed by atoms with Crippen LogP contribution in [0.1, 0.15) is 25.7 Å². The monoisotopic (exact) mass is 1020 g/mol. The van der Waals surface area contributed by atoms with Gasteiger partial charge in [-0.3, -0.25) is 0 Å². The second-order valence-corrected chi connectivity index (χ2v) is 13.3. The number of halogens is 36. The summed E-state index contributed by atoms with van der Waals surface area (Å²) in [5.74, 6) is -94.8. The van der Waals surface area contributed by atoms with Crippen LogP contribution in [0.4, 0.5) is 158 Å². The summed E-state index contributed by atoms with van der Waals surface area (Å²) in [6.45, 7) is 0. The molecule has 0 unspecified atom stereocenters. The topological polar surface area (TPSA) is 0 Å². The fourth-order valence-corrected chi connectivity index (χ4v) is 5.07. The van der Waals surface area contributed by atoms with Crippen molar-refractivity contribution in [3.05, 3.63) is 0 Å². The first-order chi connectivity index (χ1) is 25.8. The van der Waals surface area contributed by atoms with Gasteiger partial charge in [-0.15, -0.1) is 0 Å². The Labute approximate surface area is 340 Å². The maximum absolute atomic E-state index is 14.4. The van der Waals surface area contributed by atoms with E-state index < -0.39 is 153 Å². The molecule has 62 heavy (non-hydrogen) atoms. The van der Waals surface area contributed by atoms with E-state index in [1.807, 2.05) is 0 Å². The number of hydrogen-bond donors (Lipinski definition) is 0. The molecule has 0 bridgehead atoms. The Kier molecular flexibility index (Phi) is 17.5. The standard InChI is InChI=1S/C24H16BF36.Na/c26-9(27,13(34,35)17(42,43)21(50,51)52)1-5-25(6-2-10(28,29)14(36,37)18(44,45)22(53,54)55,7-3-11(30,31)15(38,39)19(46,47)23(56,57)58)8-4-12(32,33)16(40,41)20(48,49)24(59,60)61;/h1-8H2;/q-1;+1. The molecule has 0 saturated heterocycles. The van der Waals surface area contributed by atoms with Crippen molar-refractivity contribution in [2.45, 2.75) is 147 Å². The Bertz CT molecular complexity index is 1260. The molecular weight excluding hydrogens is 1010 g/mol. The van der Waals surface area contributed by atoms with Crippen LogP contribution in [0.3, 0.4) is 0 Å². The van der Waals surface area contributed by atoms with E-state index >= 15 is 0 Å². The number of hydrogen-bond acceptors (Lipinski definition) is 0. The van der Waals surface area contributed by atoms with Gasteiger partial charge in [0.1, 0.15) is 0 Å². The van der Waals surface area contributed by atoms with Crippen LogP contribution in [0, 0.1) is 0 Å². The first-order valence-corrected chi connectivity index (χ1v) is 14.9. The van der Waals surface area contributed by atoms with Crippen molar-refractivity contribution < 1.29 is 188 Å². The third-order valence-electron chi connectivity index (χ3n) is 9.12. The summed E-state index contributed by atoms with van der Waals surface area (Å²) in [6, 6.07) is 0. The zero-order valence-electron chi connectivity index (χ0n) is 28.8.